The molecule has 1 rings (SSSR count). The van der Waals surface area contributed by atoms with E-state index < -0.39 is 74.4 Å². The van der Waals surface area contributed by atoms with Crippen molar-refractivity contribution in [2.75, 3.05) is 64.7 Å². The van der Waals surface area contributed by atoms with Crippen molar-refractivity contribution >= 4 is 39.7 Å². The van der Waals surface area contributed by atoms with Gasteiger partial charge in [0.15, 0.2) is 5.78 Å². The molecule has 0 bridgehead atoms. The number of Topliss-reactive ketones (excluding diaryl/α,β-unsaturated/α-hetero) is 1. The van der Waals surface area contributed by atoms with Crippen molar-refractivity contribution in [3.05, 3.63) is 0 Å². The highest BCUT2D eigenvalue weighted by molar-refractivity contribution is 7.85. The molecule has 4 N–H and O–H groups in total. The Kier molecular flexibility index (Phi) is 17.9. The largest absolute Gasteiger partial charge is 0.459 e. The van der Waals surface area contributed by atoms with Gasteiger partial charge >= 0.3 is 17.9 Å². The number of hydrogen-bond acceptors (Lipinski definition) is 14. The molecule has 1 unspecified atom stereocenters. The van der Waals surface area contributed by atoms with Crippen LogP contribution in [0.15, 0.2) is 0 Å². The molecule has 16 nitrogen and oxygen atoms in total. The number of carbonyl (C=O) groups excluding carboxylic acids is 5. The van der Waals surface area contributed by atoms with Gasteiger partial charge in [0.05, 0.1) is 13.1 Å². The third kappa shape index (κ3) is 20.8. The zero-order valence-corrected chi connectivity index (χ0v) is 32.2. The Labute approximate surface area is 297 Å². The lowest BCUT2D eigenvalue weighted by atomic mass is 10.1. The quantitative estimate of drug-likeness (QED) is 0.113. The number of ketones is 1. The lowest BCUT2D eigenvalue weighted by molar-refractivity contribution is -0.163. The van der Waals surface area contributed by atoms with E-state index in [1.54, 1.807) is 62.3 Å². The van der Waals surface area contributed by atoms with Crippen molar-refractivity contribution in [1.82, 2.24) is 20.0 Å². The predicted octanol–water partition coefficient (Wildman–Crippen LogP) is 0.761. The number of nitrogens with zero attached hydrogens (tertiary/aromatic N) is 3. The van der Waals surface area contributed by atoms with Gasteiger partial charge in [0.25, 0.3) is 10.1 Å². The molecule has 17 heteroatoms. The molecule has 0 aliphatic carbocycles. The van der Waals surface area contributed by atoms with Crippen molar-refractivity contribution in [2.45, 2.75) is 117 Å². The Morgan fingerprint density at radius 1 is 0.740 bits per heavy atom. The average Bonchev–Trinajstić information content (AvgIpc) is 2.99. The van der Waals surface area contributed by atoms with Crippen molar-refractivity contribution in [3.8, 4) is 0 Å². The monoisotopic (exact) mass is 735 g/mol. The second kappa shape index (κ2) is 19.8. The van der Waals surface area contributed by atoms with Crippen LogP contribution in [0.4, 0.5) is 0 Å². The summed E-state index contributed by atoms with van der Waals surface area (Å²) >= 11 is 0. The summed E-state index contributed by atoms with van der Waals surface area (Å²) in [5.41, 5.74) is 3.22. The third-order valence-electron chi connectivity index (χ3n) is 7.18. The fourth-order valence-corrected chi connectivity index (χ4v) is 5.82. The summed E-state index contributed by atoms with van der Waals surface area (Å²) < 4.78 is 49.4. The first-order chi connectivity index (χ1) is 22.8. The minimum absolute atomic E-state index is 0.0295. The van der Waals surface area contributed by atoms with Crippen molar-refractivity contribution in [2.24, 2.45) is 5.73 Å². The molecule has 0 radical (unpaired) electrons. The summed E-state index contributed by atoms with van der Waals surface area (Å²) in [4.78, 5) is 70.6. The Morgan fingerprint density at radius 3 is 1.58 bits per heavy atom. The summed E-state index contributed by atoms with van der Waals surface area (Å²) in [6.45, 7) is 18.0. The van der Waals surface area contributed by atoms with E-state index >= 15 is 0 Å². The van der Waals surface area contributed by atoms with E-state index in [0.29, 0.717) is 26.2 Å². The van der Waals surface area contributed by atoms with Crippen LogP contribution < -0.4 is 11.1 Å². The second-order valence-electron chi connectivity index (χ2n) is 15.6. The van der Waals surface area contributed by atoms with Gasteiger partial charge in [0.2, 0.25) is 5.91 Å². The van der Waals surface area contributed by atoms with Crippen LogP contribution in [0.25, 0.3) is 0 Å². The zero-order chi connectivity index (χ0) is 38.5. The predicted molar refractivity (Wildman–Crippen MR) is 187 cm³/mol. The van der Waals surface area contributed by atoms with Gasteiger partial charge in [-0.25, -0.2) is 0 Å². The van der Waals surface area contributed by atoms with Gasteiger partial charge in [0, 0.05) is 52.1 Å². The summed E-state index contributed by atoms with van der Waals surface area (Å²) in [6.07, 6.45) is -0.169. The normalized spacial score (nSPS) is 17.4. The number of esters is 3. The van der Waals surface area contributed by atoms with Crippen molar-refractivity contribution in [1.29, 1.82) is 0 Å². The molecule has 0 aromatic carbocycles. The molecule has 1 saturated heterocycles. The number of rotatable bonds is 16. The number of nitrogens with one attached hydrogen (secondary N) is 1. The molecule has 0 spiro atoms. The first-order valence-corrected chi connectivity index (χ1v) is 18.7. The zero-order valence-electron chi connectivity index (χ0n) is 31.4. The Morgan fingerprint density at radius 2 is 1.18 bits per heavy atom. The fraction of sp³-hybridized carbons (Fsp3) is 0.848. The Hall–Kier alpha value is -2.70. The van der Waals surface area contributed by atoms with E-state index in [1.165, 1.54) is 0 Å². The summed E-state index contributed by atoms with van der Waals surface area (Å²) in [7, 11) is -4.60. The number of ether oxygens (including phenoxy) is 3. The molecule has 0 aromatic rings. The van der Waals surface area contributed by atoms with Crippen molar-refractivity contribution in [3.63, 3.8) is 0 Å². The molecule has 0 saturated carbocycles. The molecule has 1 amide bonds. The molecular weight excluding hydrogens is 674 g/mol. The Bertz CT molecular complexity index is 1210. The van der Waals surface area contributed by atoms with Gasteiger partial charge in [0.1, 0.15) is 34.6 Å². The highest BCUT2D eigenvalue weighted by Crippen LogP contribution is 2.18. The molecule has 1 aliphatic rings. The minimum atomic E-state index is -4.60. The highest BCUT2D eigenvalue weighted by Gasteiger charge is 2.34. The standard InChI is InChI=1S/C33H61N5O11S/c1-31(2,3)47-28(41)21-36-15-16-37(22-29(42)48-32(4,5)6)18-20-38(19-17-36)25(30(43)49-33(7,8)9)12-13-27(40)35-24(23-50(44,45)46)26(39)11-10-14-34/h24-25H,10-23,34H2,1-9H3,(H,35,40)(H,44,45,46)/t24-,25?/m0/s1. The molecule has 0 aromatic heterocycles. The molecular formula is C33H61N5O11S. The van der Waals surface area contributed by atoms with Gasteiger partial charge in [-0.1, -0.05) is 0 Å². The molecule has 1 aliphatic heterocycles. The van der Waals surface area contributed by atoms with E-state index in [2.05, 4.69) is 5.32 Å². The fourth-order valence-electron chi connectivity index (χ4n) is 5.13. The van der Waals surface area contributed by atoms with Gasteiger partial charge in [-0.15, -0.1) is 0 Å². The lowest BCUT2D eigenvalue weighted by Gasteiger charge is -2.34. The first kappa shape index (κ1) is 45.3. The van der Waals surface area contributed by atoms with Crippen LogP contribution in [0.5, 0.6) is 0 Å². The maximum atomic E-state index is 13.7. The molecule has 50 heavy (non-hydrogen) atoms. The number of amides is 1. The van der Waals surface area contributed by atoms with Gasteiger partial charge in [-0.2, -0.15) is 8.42 Å². The SMILES string of the molecule is CC(C)(C)OC(=O)CN1CCN(CC(=O)OC(C)(C)C)CCN(C(CCC(=O)N[C@@H](CS(=O)(=O)O)C(=O)CCCN)C(=O)OC(C)(C)C)CC1. The van der Waals surface area contributed by atoms with Crippen LogP contribution in [0.3, 0.4) is 0 Å². The van der Waals surface area contributed by atoms with Gasteiger partial charge < -0.3 is 25.3 Å². The molecule has 290 valence electrons. The molecule has 2 atom stereocenters. The van der Waals surface area contributed by atoms with Crippen LogP contribution in [-0.4, -0.2) is 151 Å². The second-order valence-corrected chi connectivity index (χ2v) is 17.1. The lowest BCUT2D eigenvalue weighted by Crippen LogP contribution is -2.50. The van der Waals surface area contributed by atoms with E-state index in [4.69, 9.17) is 19.9 Å². The Balaban J connectivity index is 3.34. The van der Waals surface area contributed by atoms with Crippen LogP contribution in [-0.2, 0) is 48.3 Å². The van der Waals surface area contributed by atoms with E-state index in [-0.39, 0.29) is 58.4 Å². The maximum Gasteiger partial charge on any atom is 0.323 e. The van der Waals surface area contributed by atoms with Crippen LogP contribution >= 0.6 is 0 Å². The highest BCUT2D eigenvalue weighted by atomic mass is 32.2. The minimum Gasteiger partial charge on any atom is -0.459 e. The van der Waals surface area contributed by atoms with Crippen molar-refractivity contribution < 1.29 is 51.2 Å². The molecule has 1 heterocycles. The summed E-state index contributed by atoms with van der Waals surface area (Å²) in [5, 5.41) is 2.40. The van der Waals surface area contributed by atoms with E-state index in [0.717, 1.165) is 0 Å². The van der Waals surface area contributed by atoms with E-state index in [1.807, 2.05) is 14.7 Å². The number of carbonyl (C=O) groups is 5. The first-order valence-electron chi connectivity index (χ1n) is 17.1. The van der Waals surface area contributed by atoms with Crippen LogP contribution in [0.1, 0.15) is 88.0 Å². The van der Waals surface area contributed by atoms with Crippen LogP contribution in [0.2, 0.25) is 0 Å². The third-order valence-corrected chi connectivity index (χ3v) is 7.93. The van der Waals surface area contributed by atoms with E-state index in [9.17, 15) is 36.9 Å². The van der Waals surface area contributed by atoms with Gasteiger partial charge in [-0.05, 0) is 81.7 Å². The number of nitrogens with two attached hydrogens (primary N) is 1. The summed E-state index contributed by atoms with van der Waals surface area (Å²) in [5.74, 6) is -3.75. The topological polar surface area (TPSA) is 215 Å². The smallest absolute Gasteiger partial charge is 0.323 e. The van der Waals surface area contributed by atoms with Gasteiger partial charge in [-0.3, -0.25) is 43.2 Å². The van der Waals surface area contributed by atoms with Crippen LogP contribution in [0, 0.1) is 0 Å². The number of hydrogen-bond donors (Lipinski definition) is 3. The maximum absolute atomic E-state index is 13.7. The molecule has 1 fully saturated rings. The summed E-state index contributed by atoms with van der Waals surface area (Å²) in [6, 6.07) is -2.45. The average molecular weight is 736 g/mol.